The standard InChI is InChI=1S/C16H18N2O2/c1-2-20-14(11-7-4-3-5-8-11)15-17-13-10-6-9-12(13)16(19)18-15/h3-5,7-8,14H,2,6,9-10H2,1H3,(H,17,18,19). The molecule has 1 aliphatic rings. The van der Waals surface area contributed by atoms with Crippen LogP contribution < -0.4 is 5.56 Å². The molecule has 4 nitrogen and oxygen atoms in total. The molecule has 0 saturated carbocycles. The summed E-state index contributed by atoms with van der Waals surface area (Å²) in [6, 6.07) is 9.88. The molecule has 1 atom stereocenters. The SMILES string of the molecule is CCOC(c1ccccc1)c1nc2c(c(=O)[nH]1)CCC2. The molecule has 4 heteroatoms. The smallest absolute Gasteiger partial charge is 0.254 e. The Kier molecular flexibility index (Phi) is 3.65. The first-order valence-corrected chi connectivity index (χ1v) is 7.08. The number of nitrogens with zero attached hydrogens (tertiary/aromatic N) is 1. The average Bonchev–Trinajstić information content (AvgIpc) is 2.94. The van der Waals surface area contributed by atoms with Crippen molar-refractivity contribution in [3.63, 3.8) is 0 Å². The van der Waals surface area contributed by atoms with Gasteiger partial charge in [-0.05, 0) is 31.7 Å². The molecule has 1 heterocycles. The molecule has 0 radical (unpaired) electrons. The van der Waals surface area contributed by atoms with E-state index in [1.54, 1.807) is 0 Å². The Hall–Kier alpha value is -1.94. The second-order valence-corrected chi connectivity index (χ2v) is 4.98. The lowest BCUT2D eigenvalue weighted by Crippen LogP contribution is -2.21. The van der Waals surface area contributed by atoms with Gasteiger partial charge in [-0.2, -0.15) is 0 Å². The van der Waals surface area contributed by atoms with Crippen LogP contribution in [-0.4, -0.2) is 16.6 Å². The lowest BCUT2D eigenvalue weighted by Gasteiger charge is -2.17. The van der Waals surface area contributed by atoms with E-state index in [1.807, 2.05) is 37.3 Å². The molecular formula is C16H18N2O2. The van der Waals surface area contributed by atoms with Crippen molar-refractivity contribution < 1.29 is 4.74 Å². The van der Waals surface area contributed by atoms with Gasteiger partial charge in [-0.1, -0.05) is 30.3 Å². The normalized spacial score (nSPS) is 15.1. The highest BCUT2D eigenvalue weighted by Crippen LogP contribution is 2.24. The number of hydrogen-bond acceptors (Lipinski definition) is 3. The number of aromatic nitrogens is 2. The molecule has 0 aliphatic heterocycles. The highest BCUT2D eigenvalue weighted by molar-refractivity contribution is 5.27. The molecule has 0 saturated heterocycles. The summed E-state index contributed by atoms with van der Waals surface area (Å²) in [4.78, 5) is 19.6. The molecule has 20 heavy (non-hydrogen) atoms. The van der Waals surface area contributed by atoms with Crippen LogP contribution in [0.4, 0.5) is 0 Å². The van der Waals surface area contributed by atoms with Crippen LogP contribution in [0.5, 0.6) is 0 Å². The number of hydrogen-bond donors (Lipinski definition) is 1. The number of H-pyrrole nitrogens is 1. The Morgan fingerprint density at radius 2 is 2.10 bits per heavy atom. The third kappa shape index (κ3) is 2.39. The molecule has 1 aromatic carbocycles. The van der Waals surface area contributed by atoms with Crippen LogP contribution in [0.1, 0.15) is 42.1 Å². The van der Waals surface area contributed by atoms with Crippen molar-refractivity contribution >= 4 is 0 Å². The Balaban J connectivity index is 2.04. The minimum atomic E-state index is -0.306. The van der Waals surface area contributed by atoms with Gasteiger partial charge in [-0.15, -0.1) is 0 Å². The molecule has 0 fully saturated rings. The Morgan fingerprint density at radius 1 is 1.30 bits per heavy atom. The fourth-order valence-electron chi connectivity index (χ4n) is 2.71. The highest BCUT2D eigenvalue weighted by Gasteiger charge is 2.22. The summed E-state index contributed by atoms with van der Waals surface area (Å²) in [5.41, 5.74) is 2.78. The fraction of sp³-hybridized carbons (Fsp3) is 0.375. The van der Waals surface area contributed by atoms with Crippen LogP contribution in [0.3, 0.4) is 0 Å². The van der Waals surface area contributed by atoms with Gasteiger partial charge < -0.3 is 9.72 Å². The molecule has 0 spiro atoms. The molecule has 104 valence electrons. The van der Waals surface area contributed by atoms with Crippen LogP contribution in [0, 0.1) is 0 Å². The Morgan fingerprint density at radius 3 is 2.85 bits per heavy atom. The summed E-state index contributed by atoms with van der Waals surface area (Å²) in [7, 11) is 0. The Labute approximate surface area is 117 Å². The van der Waals surface area contributed by atoms with E-state index in [0.717, 1.165) is 36.1 Å². The summed E-state index contributed by atoms with van der Waals surface area (Å²) < 4.78 is 5.80. The minimum Gasteiger partial charge on any atom is -0.366 e. The lowest BCUT2D eigenvalue weighted by atomic mass is 10.1. The van der Waals surface area contributed by atoms with E-state index in [1.165, 1.54) is 0 Å². The largest absolute Gasteiger partial charge is 0.366 e. The predicted octanol–water partition coefficient (Wildman–Crippen LogP) is 2.38. The predicted molar refractivity (Wildman–Crippen MR) is 76.8 cm³/mol. The first-order chi connectivity index (χ1) is 9.79. The maximum atomic E-state index is 12.1. The number of aryl methyl sites for hydroxylation is 1. The van der Waals surface area contributed by atoms with E-state index in [9.17, 15) is 4.79 Å². The zero-order valence-electron chi connectivity index (χ0n) is 11.6. The van der Waals surface area contributed by atoms with Crippen LogP contribution in [0.2, 0.25) is 0 Å². The number of ether oxygens (including phenoxy) is 1. The van der Waals surface area contributed by atoms with Gasteiger partial charge in [0.05, 0.1) is 5.69 Å². The summed E-state index contributed by atoms with van der Waals surface area (Å²) in [6.45, 7) is 2.52. The summed E-state index contributed by atoms with van der Waals surface area (Å²) >= 11 is 0. The number of rotatable bonds is 4. The van der Waals surface area contributed by atoms with E-state index < -0.39 is 0 Å². The van der Waals surface area contributed by atoms with Gasteiger partial charge in [0.15, 0.2) is 0 Å². The number of nitrogens with one attached hydrogen (secondary N) is 1. The third-order valence-corrected chi connectivity index (χ3v) is 3.64. The van der Waals surface area contributed by atoms with Crippen molar-refractivity contribution in [1.29, 1.82) is 0 Å². The lowest BCUT2D eigenvalue weighted by molar-refractivity contribution is 0.0847. The van der Waals surface area contributed by atoms with Gasteiger partial charge in [0.25, 0.3) is 5.56 Å². The van der Waals surface area contributed by atoms with Crippen LogP contribution >= 0.6 is 0 Å². The topological polar surface area (TPSA) is 55.0 Å². The van der Waals surface area contributed by atoms with E-state index >= 15 is 0 Å². The molecule has 2 aromatic rings. The van der Waals surface area contributed by atoms with Crippen molar-refractivity contribution in [3.8, 4) is 0 Å². The van der Waals surface area contributed by atoms with Crippen molar-refractivity contribution in [1.82, 2.24) is 9.97 Å². The summed E-state index contributed by atoms with van der Waals surface area (Å²) in [6.07, 6.45) is 2.43. The van der Waals surface area contributed by atoms with Crippen LogP contribution in [0.15, 0.2) is 35.1 Å². The first kappa shape index (κ1) is 13.1. The van der Waals surface area contributed by atoms with Gasteiger partial charge in [0.2, 0.25) is 0 Å². The van der Waals surface area contributed by atoms with Crippen molar-refractivity contribution in [2.45, 2.75) is 32.3 Å². The molecule has 1 aliphatic carbocycles. The van der Waals surface area contributed by atoms with E-state index in [0.29, 0.717) is 12.4 Å². The van der Waals surface area contributed by atoms with Gasteiger partial charge in [-0.3, -0.25) is 4.79 Å². The molecular weight excluding hydrogens is 252 g/mol. The zero-order chi connectivity index (χ0) is 13.9. The second kappa shape index (κ2) is 5.59. The monoisotopic (exact) mass is 270 g/mol. The van der Waals surface area contributed by atoms with Gasteiger partial charge >= 0.3 is 0 Å². The molecule has 0 bridgehead atoms. The quantitative estimate of drug-likeness (QED) is 0.928. The van der Waals surface area contributed by atoms with E-state index in [2.05, 4.69) is 9.97 Å². The maximum Gasteiger partial charge on any atom is 0.254 e. The number of fused-ring (bicyclic) bond motifs is 1. The fourth-order valence-corrected chi connectivity index (χ4v) is 2.71. The van der Waals surface area contributed by atoms with Crippen molar-refractivity contribution in [2.24, 2.45) is 0 Å². The number of benzene rings is 1. The van der Waals surface area contributed by atoms with Gasteiger partial charge in [-0.25, -0.2) is 4.98 Å². The number of aromatic amines is 1. The Bertz CT molecular complexity index is 649. The highest BCUT2D eigenvalue weighted by atomic mass is 16.5. The molecule has 3 rings (SSSR count). The zero-order valence-corrected chi connectivity index (χ0v) is 11.6. The van der Waals surface area contributed by atoms with Crippen molar-refractivity contribution in [3.05, 3.63) is 63.3 Å². The average molecular weight is 270 g/mol. The first-order valence-electron chi connectivity index (χ1n) is 7.08. The third-order valence-electron chi connectivity index (χ3n) is 3.64. The van der Waals surface area contributed by atoms with Crippen LogP contribution in [-0.2, 0) is 17.6 Å². The molecule has 1 aromatic heterocycles. The summed E-state index contributed by atoms with van der Waals surface area (Å²) in [5.74, 6) is 0.615. The van der Waals surface area contributed by atoms with E-state index in [4.69, 9.17) is 4.74 Å². The summed E-state index contributed by atoms with van der Waals surface area (Å²) in [5, 5.41) is 0. The molecule has 1 unspecified atom stereocenters. The van der Waals surface area contributed by atoms with Crippen molar-refractivity contribution in [2.75, 3.05) is 6.61 Å². The maximum absolute atomic E-state index is 12.1. The second-order valence-electron chi connectivity index (χ2n) is 4.98. The minimum absolute atomic E-state index is 0.0110. The molecule has 0 amide bonds. The van der Waals surface area contributed by atoms with Gasteiger partial charge in [0, 0.05) is 12.2 Å². The molecule has 1 N–H and O–H groups in total. The van der Waals surface area contributed by atoms with E-state index in [-0.39, 0.29) is 11.7 Å². The van der Waals surface area contributed by atoms with Gasteiger partial charge in [0.1, 0.15) is 11.9 Å². The van der Waals surface area contributed by atoms with Crippen LogP contribution in [0.25, 0.3) is 0 Å².